The Morgan fingerprint density at radius 3 is 1.60 bits per heavy atom. The van der Waals surface area contributed by atoms with Crippen LogP contribution >= 0.6 is 0 Å². The fourth-order valence-corrected chi connectivity index (χ4v) is 6.73. The van der Waals surface area contributed by atoms with E-state index in [1.54, 1.807) is 0 Å². The van der Waals surface area contributed by atoms with Crippen LogP contribution in [0.1, 0.15) is 42.5 Å². The summed E-state index contributed by atoms with van der Waals surface area (Å²) in [5.41, 5.74) is -7.96. The largest absolute Gasteiger partial charge is 0.454 e. The maximum Gasteiger partial charge on any atom is 0.164 e. The number of rotatable bonds is 5. The molecule has 0 aliphatic rings. The molecule has 12 aromatic rings. The number of fused-ring (bicyclic) bond motifs is 10. The number of furan rings is 1. The molecule has 0 radical (unpaired) electrons. The van der Waals surface area contributed by atoms with Crippen molar-refractivity contribution in [2.24, 2.45) is 0 Å². The lowest BCUT2D eigenvalue weighted by atomic mass is 10.1. The Labute approximate surface area is 370 Å². The molecule has 8 aromatic carbocycles. The predicted octanol–water partition coefficient (Wildman–Crippen LogP) is 13.0. The summed E-state index contributed by atoms with van der Waals surface area (Å²) in [6.07, 6.45) is 0. The summed E-state index contributed by atoms with van der Waals surface area (Å²) < 4.78 is 287. The van der Waals surface area contributed by atoms with Crippen LogP contribution in [0, 0.1) is 0 Å². The fraction of sp³-hybridized carbons (Fsp3) is 0. The molecular weight excluding hydrogens is 699 g/mol. The molecule has 4 heterocycles. The van der Waals surface area contributed by atoms with E-state index < -0.39 is 298 Å². The molecule has 0 spiro atoms. The summed E-state index contributed by atoms with van der Waals surface area (Å²) in [4.78, 5) is 12.9. The first-order chi connectivity index (χ1) is 41.2. The molecule has 0 fully saturated rings. The summed E-state index contributed by atoms with van der Waals surface area (Å²) in [6, 6.07) is -28.8. The van der Waals surface area contributed by atoms with Crippen LogP contribution in [0.15, 0.2) is 192 Å². The third kappa shape index (κ3) is 4.81. The zero-order chi connectivity index (χ0) is 64.4. The lowest BCUT2D eigenvalue weighted by molar-refractivity contribution is 0.671. The van der Waals surface area contributed by atoms with E-state index in [0.29, 0.717) is 0 Å². The van der Waals surface area contributed by atoms with E-state index >= 15 is 0 Å². The van der Waals surface area contributed by atoms with E-state index in [0.717, 1.165) is 9.13 Å². The van der Waals surface area contributed by atoms with Crippen molar-refractivity contribution in [3.63, 3.8) is 0 Å². The first-order valence-corrected chi connectivity index (χ1v) is 16.6. The van der Waals surface area contributed by atoms with Gasteiger partial charge in [0, 0.05) is 49.3 Å². The van der Waals surface area contributed by atoms with Gasteiger partial charge in [-0.05, 0) is 60.4 Å². The summed E-state index contributed by atoms with van der Waals surface area (Å²) in [6.45, 7) is 0. The van der Waals surface area contributed by atoms with Crippen LogP contribution in [-0.2, 0) is 0 Å². The fourth-order valence-electron chi connectivity index (χ4n) is 6.73. The number of hydrogen-bond acceptors (Lipinski definition) is 4. The smallest absolute Gasteiger partial charge is 0.164 e. The second-order valence-corrected chi connectivity index (χ2v) is 12.1. The van der Waals surface area contributed by atoms with Gasteiger partial charge in [-0.2, -0.15) is 0 Å². The van der Waals surface area contributed by atoms with Gasteiger partial charge in [-0.25, -0.2) is 15.0 Å². The van der Waals surface area contributed by atoms with Gasteiger partial charge in [-0.15, -0.1) is 0 Å². The highest BCUT2D eigenvalue weighted by molar-refractivity contribution is 6.23. The molecule has 4 aromatic heterocycles. The van der Waals surface area contributed by atoms with Crippen LogP contribution in [0.3, 0.4) is 0 Å². The van der Waals surface area contributed by atoms with Crippen molar-refractivity contribution in [2.45, 2.75) is 0 Å². The Kier molecular flexibility index (Phi) is 2.97. The zero-order valence-electron chi connectivity index (χ0n) is 59.1. The van der Waals surface area contributed by atoms with Crippen LogP contribution < -0.4 is 0 Å². The molecule has 0 atom stereocenters. The normalized spacial score (nSPS) is 19.5. The van der Waals surface area contributed by atoms with Gasteiger partial charge < -0.3 is 13.6 Å². The second-order valence-electron chi connectivity index (χ2n) is 12.1. The van der Waals surface area contributed by atoms with Crippen molar-refractivity contribution in [1.29, 1.82) is 0 Å². The summed E-state index contributed by atoms with van der Waals surface area (Å²) in [7, 11) is 0. The van der Waals surface area contributed by atoms with Crippen LogP contribution in [0.25, 0.3) is 111 Å². The van der Waals surface area contributed by atoms with Gasteiger partial charge in [0.15, 0.2) is 23.1 Å². The quantitative estimate of drug-likeness (QED) is 0.175. The van der Waals surface area contributed by atoms with E-state index in [9.17, 15) is 15.1 Å². The van der Waals surface area contributed by atoms with Gasteiger partial charge in [-0.3, -0.25) is 0 Å². The predicted molar refractivity (Wildman–Crippen MR) is 232 cm³/mol. The maximum atomic E-state index is 10.1. The van der Waals surface area contributed by atoms with Gasteiger partial charge >= 0.3 is 0 Å². The van der Waals surface area contributed by atoms with E-state index in [2.05, 4.69) is 15.0 Å². The lowest BCUT2D eigenvalue weighted by Crippen LogP contribution is -2.00. The van der Waals surface area contributed by atoms with Crippen molar-refractivity contribution in [3.05, 3.63) is 187 Å². The van der Waals surface area contributed by atoms with Crippen LogP contribution in [0.5, 0.6) is 0 Å². The monoisotopic (exact) mass is 760 g/mol. The third-order valence-corrected chi connectivity index (χ3v) is 9.03. The number of hydrogen-bond donors (Lipinski definition) is 0. The number of para-hydroxylation sites is 3. The van der Waals surface area contributed by atoms with E-state index in [-0.39, 0.29) is 0 Å². The number of benzene rings is 8. The Hall–Kier alpha value is -7.83. The molecule has 0 unspecified atom stereocenters. The molecular formula is C51H31N5O. The highest BCUT2D eigenvalue weighted by atomic mass is 16.3. The Bertz CT molecular complexity index is 5110. The molecule has 6 heteroatoms. The van der Waals surface area contributed by atoms with Gasteiger partial charge in [0.25, 0.3) is 0 Å². The molecule has 0 saturated carbocycles. The molecule has 0 amide bonds. The molecule has 12 rings (SSSR count). The molecule has 0 bridgehead atoms. The summed E-state index contributed by atoms with van der Waals surface area (Å²) >= 11 is 0. The van der Waals surface area contributed by atoms with Crippen molar-refractivity contribution in [1.82, 2.24) is 24.1 Å². The average Bonchev–Trinajstić information content (AvgIpc) is 1.52. The first-order valence-electron chi connectivity index (χ1n) is 32.1. The number of aromatic nitrogens is 5. The summed E-state index contributed by atoms with van der Waals surface area (Å²) in [5, 5.41) is -3.55. The van der Waals surface area contributed by atoms with Gasteiger partial charge in [0.1, 0.15) is 5.58 Å². The number of nitrogens with zero attached hydrogens (tertiary/aromatic N) is 5. The summed E-state index contributed by atoms with van der Waals surface area (Å²) in [5.74, 6) is -2.62. The van der Waals surface area contributed by atoms with Gasteiger partial charge in [0.05, 0.1) is 75.6 Å². The highest BCUT2D eigenvalue weighted by Crippen LogP contribution is 2.44. The van der Waals surface area contributed by atoms with E-state index in [1.807, 2.05) is 0 Å². The molecule has 0 N–H and O–H groups in total. The molecule has 0 aliphatic carbocycles. The minimum atomic E-state index is -1.08. The van der Waals surface area contributed by atoms with Crippen LogP contribution in [0.4, 0.5) is 0 Å². The van der Waals surface area contributed by atoms with Crippen molar-refractivity contribution in [3.8, 4) is 45.5 Å². The molecule has 0 aliphatic heterocycles. The van der Waals surface area contributed by atoms with Crippen LogP contribution in [0.2, 0.25) is 0 Å². The third-order valence-electron chi connectivity index (χ3n) is 9.03. The standard InChI is InChI=1S/C51H31N5O/c1-4-15-32(16-5-1)49-52-50(33-17-6-2-7-18-33)54-51(53-49)34-27-30-43-40(31-34)38-28-29-39-46-44(56-41-23-12-10-21-36(41)37-22-11-13-24-42(37)56)25-14-26-45(46)57-48(39)47(38)55(43)35-19-8-3-9-20-35/h1-31H/i1D,2D,3D,4D,5D,6D,7D,8D,9D,10D,11D,12D,13D,14D,15D,16D,17D,18D,19D,20D,21D,22D,23D,24D,25D,26D,27D,28D,29D,30D,31D. The zero-order valence-corrected chi connectivity index (χ0v) is 28.1. The lowest BCUT2D eigenvalue weighted by Gasteiger charge is -2.10. The maximum absolute atomic E-state index is 10.1. The van der Waals surface area contributed by atoms with Crippen molar-refractivity contribution >= 4 is 65.6 Å². The van der Waals surface area contributed by atoms with E-state index in [4.69, 9.17) is 31.8 Å². The van der Waals surface area contributed by atoms with Crippen LogP contribution in [-0.4, -0.2) is 24.1 Å². The SMILES string of the molecule is [2H]c1c([2H])c([2H])c(-c2nc(-c3c([2H])c([2H])c([2H])c([2H])c3[2H])nc(-c3c([2H])c([2H])c4c(c3[2H])c3c([2H])c([2H])c5c(oc6c([2H])c([2H])c([2H])c(-n7c8c([2H])c([2H])c([2H])c([2H])c8c8c([2H])c([2H])c([2H])c([2H])c87)c65)c3n4-c3c([2H])c([2H])c([2H])c([2H])c3[2H])n2)c([2H])c1[2H]. The molecule has 6 nitrogen and oxygen atoms in total. The molecule has 266 valence electrons. The highest BCUT2D eigenvalue weighted by Gasteiger charge is 2.23. The average molecular weight is 761 g/mol. The van der Waals surface area contributed by atoms with E-state index in [1.165, 1.54) is 0 Å². The Balaban J connectivity index is 1.33. The Morgan fingerprint density at radius 2 is 0.947 bits per heavy atom. The molecule has 57 heavy (non-hydrogen) atoms. The minimum absolute atomic E-state index is 0.488. The van der Waals surface area contributed by atoms with Crippen molar-refractivity contribution in [2.75, 3.05) is 0 Å². The second kappa shape index (κ2) is 12.3. The van der Waals surface area contributed by atoms with Gasteiger partial charge in [-0.1, -0.05) is 127 Å². The Morgan fingerprint density at radius 1 is 0.404 bits per heavy atom. The first kappa shape index (κ1) is 13.7. The topological polar surface area (TPSA) is 61.7 Å². The van der Waals surface area contributed by atoms with Gasteiger partial charge in [0.2, 0.25) is 0 Å². The molecule has 0 saturated heterocycles. The minimum Gasteiger partial charge on any atom is -0.454 e. The van der Waals surface area contributed by atoms with Crippen molar-refractivity contribution < 1.29 is 46.9 Å².